The van der Waals surface area contributed by atoms with Crippen LogP contribution in [0.1, 0.15) is 40.5 Å². The molecular weight excluding hydrogens is 148 g/mol. The SMILES string of the molecule is CC(C)[C@]12C[C@@H](O)C(C)(C)[C@H]1C2. The summed E-state index contributed by atoms with van der Waals surface area (Å²) in [6.45, 7) is 9.04. The van der Waals surface area contributed by atoms with Gasteiger partial charge in [0.25, 0.3) is 0 Å². The second-order valence-electron chi connectivity index (χ2n) is 5.69. The van der Waals surface area contributed by atoms with Crippen molar-refractivity contribution in [2.45, 2.75) is 46.6 Å². The second kappa shape index (κ2) is 2.06. The van der Waals surface area contributed by atoms with Crippen molar-refractivity contribution < 1.29 is 5.11 Å². The predicted molar refractivity (Wildman–Crippen MR) is 49.8 cm³/mol. The van der Waals surface area contributed by atoms with Gasteiger partial charge in [-0.25, -0.2) is 0 Å². The van der Waals surface area contributed by atoms with Gasteiger partial charge in [-0.2, -0.15) is 0 Å². The summed E-state index contributed by atoms with van der Waals surface area (Å²) in [5.74, 6) is 1.54. The van der Waals surface area contributed by atoms with Gasteiger partial charge in [-0.05, 0) is 35.5 Å². The third-order valence-electron chi connectivity index (χ3n) is 4.60. The average molecular weight is 168 g/mol. The number of aliphatic hydroxyl groups excluding tert-OH is 1. The van der Waals surface area contributed by atoms with Crippen LogP contribution >= 0.6 is 0 Å². The molecule has 2 saturated carbocycles. The lowest BCUT2D eigenvalue weighted by atomic mass is 9.85. The Hall–Kier alpha value is -0.0400. The van der Waals surface area contributed by atoms with Crippen LogP contribution in [0.2, 0.25) is 0 Å². The summed E-state index contributed by atoms with van der Waals surface area (Å²) >= 11 is 0. The van der Waals surface area contributed by atoms with Crippen LogP contribution in [0.3, 0.4) is 0 Å². The Morgan fingerprint density at radius 3 is 2.08 bits per heavy atom. The van der Waals surface area contributed by atoms with E-state index in [4.69, 9.17) is 0 Å². The van der Waals surface area contributed by atoms with E-state index in [0.29, 0.717) is 5.41 Å². The average Bonchev–Trinajstić information content (AvgIpc) is 2.59. The van der Waals surface area contributed by atoms with Crippen LogP contribution in [0, 0.1) is 22.7 Å². The van der Waals surface area contributed by atoms with E-state index in [-0.39, 0.29) is 11.5 Å². The molecule has 0 aromatic carbocycles. The first kappa shape index (κ1) is 8.55. The van der Waals surface area contributed by atoms with Crippen LogP contribution in [0.4, 0.5) is 0 Å². The van der Waals surface area contributed by atoms with Gasteiger partial charge in [-0.3, -0.25) is 0 Å². The molecule has 1 N–H and O–H groups in total. The summed E-state index contributed by atoms with van der Waals surface area (Å²) in [6, 6.07) is 0. The van der Waals surface area contributed by atoms with E-state index in [1.807, 2.05) is 0 Å². The highest BCUT2D eigenvalue weighted by Gasteiger charge is 2.69. The van der Waals surface area contributed by atoms with Crippen molar-refractivity contribution in [2.24, 2.45) is 22.7 Å². The number of hydrogen-bond acceptors (Lipinski definition) is 1. The van der Waals surface area contributed by atoms with E-state index in [2.05, 4.69) is 27.7 Å². The van der Waals surface area contributed by atoms with Gasteiger partial charge in [0.05, 0.1) is 6.10 Å². The summed E-state index contributed by atoms with van der Waals surface area (Å²) in [6.07, 6.45) is 2.34. The zero-order valence-corrected chi connectivity index (χ0v) is 8.59. The molecule has 0 spiro atoms. The number of rotatable bonds is 1. The summed E-state index contributed by atoms with van der Waals surface area (Å²) < 4.78 is 0. The minimum Gasteiger partial charge on any atom is -0.393 e. The van der Waals surface area contributed by atoms with Crippen LogP contribution in [0.25, 0.3) is 0 Å². The quantitative estimate of drug-likeness (QED) is 0.637. The fourth-order valence-electron chi connectivity index (χ4n) is 3.28. The Bertz CT molecular complexity index is 207. The van der Waals surface area contributed by atoms with Gasteiger partial charge < -0.3 is 5.11 Å². The van der Waals surface area contributed by atoms with Gasteiger partial charge in [-0.15, -0.1) is 0 Å². The van der Waals surface area contributed by atoms with Crippen molar-refractivity contribution in [3.8, 4) is 0 Å². The number of aliphatic hydroxyl groups is 1. The highest BCUT2D eigenvalue weighted by Crippen LogP contribution is 2.73. The molecule has 0 radical (unpaired) electrons. The fraction of sp³-hybridized carbons (Fsp3) is 1.00. The maximum Gasteiger partial charge on any atom is 0.0599 e. The molecule has 0 heterocycles. The van der Waals surface area contributed by atoms with E-state index >= 15 is 0 Å². The lowest BCUT2D eigenvalue weighted by Gasteiger charge is -2.25. The molecule has 2 aliphatic carbocycles. The Morgan fingerprint density at radius 2 is 1.83 bits per heavy atom. The first-order valence-electron chi connectivity index (χ1n) is 5.09. The standard InChI is InChI=1S/C11H20O/c1-7(2)11-5-8(11)10(3,4)9(12)6-11/h7-9,12H,5-6H2,1-4H3/t8-,9-,11+/m1/s1. The lowest BCUT2D eigenvalue weighted by Crippen LogP contribution is -2.26. The zero-order valence-electron chi connectivity index (χ0n) is 8.59. The van der Waals surface area contributed by atoms with Crippen molar-refractivity contribution in [1.82, 2.24) is 0 Å². The van der Waals surface area contributed by atoms with E-state index in [1.54, 1.807) is 0 Å². The first-order chi connectivity index (χ1) is 5.41. The van der Waals surface area contributed by atoms with E-state index in [0.717, 1.165) is 18.3 Å². The maximum atomic E-state index is 9.87. The van der Waals surface area contributed by atoms with Crippen molar-refractivity contribution >= 4 is 0 Å². The highest BCUT2D eigenvalue weighted by molar-refractivity contribution is 5.18. The predicted octanol–water partition coefficient (Wildman–Crippen LogP) is 2.44. The highest BCUT2D eigenvalue weighted by atomic mass is 16.3. The van der Waals surface area contributed by atoms with Gasteiger partial charge in [0.1, 0.15) is 0 Å². The van der Waals surface area contributed by atoms with Crippen LogP contribution in [-0.4, -0.2) is 11.2 Å². The maximum absolute atomic E-state index is 9.87. The minimum absolute atomic E-state index is 0.0568. The Morgan fingerprint density at radius 1 is 1.25 bits per heavy atom. The summed E-state index contributed by atoms with van der Waals surface area (Å²) in [4.78, 5) is 0. The summed E-state index contributed by atoms with van der Waals surface area (Å²) in [5, 5.41) is 9.87. The smallest absolute Gasteiger partial charge is 0.0599 e. The summed E-state index contributed by atoms with van der Waals surface area (Å²) in [5.41, 5.74) is 0.702. The Labute approximate surface area is 75.2 Å². The normalized spacial score (nSPS) is 49.5. The summed E-state index contributed by atoms with van der Waals surface area (Å²) in [7, 11) is 0. The van der Waals surface area contributed by atoms with Crippen molar-refractivity contribution in [3.05, 3.63) is 0 Å². The monoisotopic (exact) mass is 168 g/mol. The number of fused-ring (bicyclic) bond motifs is 1. The largest absolute Gasteiger partial charge is 0.393 e. The molecule has 0 aliphatic heterocycles. The van der Waals surface area contributed by atoms with Gasteiger partial charge in [0.15, 0.2) is 0 Å². The van der Waals surface area contributed by atoms with E-state index < -0.39 is 0 Å². The van der Waals surface area contributed by atoms with Crippen molar-refractivity contribution in [2.75, 3.05) is 0 Å². The first-order valence-corrected chi connectivity index (χ1v) is 5.09. The van der Waals surface area contributed by atoms with Crippen LogP contribution < -0.4 is 0 Å². The topological polar surface area (TPSA) is 20.2 Å². The molecule has 2 fully saturated rings. The van der Waals surface area contributed by atoms with Crippen LogP contribution in [-0.2, 0) is 0 Å². The van der Waals surface area contributed by atoms with Crippen LogP contribution in [0.15, 0.2) is 0 Å². The molecule has 0 unspecified atom stereocenters. The fourth-order valence-corrected chi connectivity index (χ4v) is 3.28. The second-order valence-corrected chi connectivity index (χ2v) is 5.69. The lowest BCUT2D eigenvalue weighted by molar-refractivity contribution is 0.0545. The molecule has 70 valence electrons. The van der Waals surface area contributed by atoms with Crippen molar-refractivity contribution in [1.29, 1.82) is 0 Å². The Kier molecular flexibility index (Phi) is 1.47. The molecule has 12 heavy (non-hydrogen) atoms. The molecule has 3 atom stereocenters. The number of hydrogen-bond donors (Lipinski definition) is 1. The third kappa shape index (κ3) is 0.783. The molecule has 0 amide bonds. The molecule has 0 saturated heterocycles. The van der Waals surface area contributed by atoms with Gasteiger partial charge in [0, 0.05) is 0 Å². The van der Waals surface area contributed by atoms with Crippen molar-refractivity contribution in [3.63, 3.8) is 0 Å². The molecule has 0 bridgehead atoms. The van der Waals surface area contributed by atoms with Gasteiger partial charge in [-0.1, -0.05) is 27.7 Å². The van der Waals surface area contributed by atoms with E-state index in [1.165, 1.54) is 6.42 Å². The molecule has 2 rings (SSSR count). The van der Waals surface area contributed by atoms with Gasteiger partial charge >= 0.3 is 0 Å². The minimum atomic E-state index is -0.0568. The molecule has 0 aromatic rings. The molecule has 1 heteroatoms. The molecule has 1 nitrogen and oxygen atoms in total. The molecule has 0 aromatic heterocycles. The van der Waals surface area contributed by atoms with E-state index in [9.17, 15) is 5.11 Å². The Balaban J connectivity index is 2.22. The molecular formula is C11H20O. The van der Waals surface area contributed by atoms with Crippen LogP contribution in [0.5, 0.6) is 0 Å². The zero-order chi connectivity index (χ0) is 9.15. The third-order valence-corrected chi connectivity index (χ3v) is 4.60. The van der Waals surface area contributed by atoms with Gasteiger partial charge in [0.2, 0.25) is 0 Å². The molecule has 2 aliphatic rings.